The summed E-state index contributed by atoms with van der Waals surface area (Å²) in [6.45, 7) is 3.92. The molecule has 4 nitrogen and oxygen atoms in total. The fourth-order valence-corrected chi connectivity index (χ4v) is 2.19. The van der Waals surface area contributed by atoms with Crippen LogP contribution in [0, 0.1) is 29.8 Å². The van der Waals surface area contributed by atoms with E-state index in [1.807, 2.05) is 6.92 Å². The molecule has 2 rings (SSSR count). The molecule has 0 aromatic heterocycles. The van der Waals surface area contributed by atoms with Gasteiger partial charge in [0, 0.05) is 23.9 Å². The molecule has 2 aromatic rings. The minimum atomic E-state index is -0.484. The Morgan fingerprint density at radius 2 is 1.95 bits per heavy atom. The Bertz CT molecular complexity index is 704. The van der Waals surface area contributed by atoms with Crippen molar-refractivity contribution in [2.75, 3.05) is 5.32 Å². The van der Waals surface area contributed by atoms with Crippen molar-refractivity contribution < 1.29 is 9.31 Å². The van der Waals surface area contributed by atoms with E-state index in [-0.39, 0.29) is 10.7 Å². The topological polar surface area (TPSA) is 55.2 Å². The largest absolute Gasteiger partial charge is 0.381 e. The first-order chi connectivity index (χ1) is 9.88. The number of nitrogens with zero attached hydrogens (tertiary/aromatic N) is 1. The van der Waals surface area contributed by atoms with E-state index < -0.39 is 10.7 Å². The number of nitro groups is 1. The van der Waals surface area contributed by atoms with E-state index in [9.17, 15) is 14.5 Å². The quantitative estimate of drug-likeness (QED) is 0.662. The highest BCUT2D eigenvalue weighted by molar-refractivity contribution is 6.30. The minimum Gasteiger partial charge on any atom is -0.381 e. The predicted octanol–water partition coefficient (Wildman–Crippen LogP) is 4.62. The Hall–Kier alpha value is -2.14. The zero-order valence-corrected chi connectivity index (χ0v) is 12.4. The molecule has 0 fully saturated rings. The highest BCUT2D eigenvalue weighted by Crippen LogP contribution is 2.27. The molecule has 0 aliphatic heterocycles. The van der Waals surface area contributed by atoms with Crippen LogP contribution in [0.25, 0.3) is 0 Å². The number of anilines is 1. The Morgan fingerprint density at radius 1 is 1.24 bits per heavy atom. The van der Waals surface area contributed by atoms with Gasteiger partial charge in [-0.05, 0) is 43.2 Å². The van der Waals surface area contributed by atoms with Crippen molar-refractivity contribution in [2.24, 2.45) is 0 Å². The summed E-state index contributed by atoms with van der Waals surface area (Å²) in [7, 11) is 0. The summed E-state index contributed by atoms with van der Waals surface area (Å²) in [5, 5.41) is 14.1. The van der Waals surface area contributed by atoms with Crippen molar-refractivity contribution in [3.63, 3.8) is 0 Å². The lowest BCUT2D eigenvalue weighted by molar-refractivity contribution is -0.385. The molecule has 0 amide bonds. The molecular formula is C15H14ClFN2O2. The molecule has 0 saturated carbocycles. The number of hydrogen-bond acceptors (Lipinski definition) is 3. The normalized spacial score (nSPS) is 10.5. The molecule has 6 heteroatoms. The number of hydrogen-bond donors (Lipinski definition) is 1. The second kappa shape index (κ2) is 6.10. The molecule has 0 unspecified atom stereocenters. The molecule has 0 heterocycles. The van der Waals surface area contributed by atoms with Crippen LogP contribution in [0.3, 0.4) is 0 Å². The van der Waals surface area contributed by atoms with E-state index in [4.69, 9.17) is 11.6 Å². The fraction of sp³-hybridized carbons (Fsp3) is 0.200. The average Bonchev–Trinajstić information content (AvgIpc) is 2.41. The second-order valence-electron chi connectivity index (χ2n) is 4.81. The van der Waals surface area contributed by atoms with Crippen LogP contribution in [0.15, 0.2) is 30.3 Å². The van der Waals surface area contributed by atoms with Crippen LogP contribution in [0.2, 0.25) is 5.02 Å². The van der Waals surface area contributed by atoms with Crippen molar-refractivity contribution in [1.82, 2.24) is 0 Å². The summed E-state index contributed by atoms with van der Waals surface area (Å²) < 4.78 is 13.4. The van der Waals surface area contributed by atoms with Gasteiger partial charge in [-0.25, -0.2) is 4.39 Å². The zero-order chi connectivity index (χ0) is 15.6. The standard InChI is InChI=1S/C15H14ClFN2O2/c1-9-5-10(2)15(19(20)21)7-14(9)18-8-11-3-4-12(16)13(17)6-11/h3-7,18H,8H2,1-2H3. The molecule has 0 bridgehead atoms. The Balaban J connectivity index is 2.21. The molecule has 0 aliphatic rings. The van der Waals surface area contributed by atoms with Crippen LogP contribution in [0.5, 0.6) is 0 Å². The van der Waals surface area contributed by atoms with Gasteiger partial charge in [-0.15, -0.1) is 0 Å². The van der Waals surface area contributed by atoms with Gasteiger partial charge in [-0.3, -0.25) is 10.1 Å². The number of halogens is 2. The fourth-order valence-electron chi connectivity index (χ4n) is 2.07. The van der Waals surface area contributed by atoms with E-state index in [1.165, 1.54) is 18.2 Å². The summed E-state index contributed by atoms with van der Waals surface area (Å²) in [6, 6.07) is 7.78. The number of nitro benzene ring substituents is 1. The average molecular weight is 309 g/mol. The molecule has 1 N–H and O–H groups in total. The van der Waals surface area contributed by atoms with E-state index in [0.29, 0.717) is 23.4 Å². The van der Waals surface area contributed by atoms with E-state index in [2.05, 4.69) is 5.32 Å². The molecule has 0 saturated heterocycles. The Kier molecular flexibility index (Phi) is 4.43. The van der Waals surface area contributed by atoms with Gasteiger partial charge in [0.1, 0.15) is 5.82 Å². The molecule has 2 aromatic carbocycles. The van der Waals surface area contributed by atoms with Gasteiger partial charge in [0.2, 0.25) is 0 Å². The van der Waals surface area contributed by atoms with Crippen molar-refractivity contribution in [2.45, 2.75) is 20.4 Å². The maximum absolute atomic E-state index is 13.4. The maximum atomic E-state index is 13.4. The van der Waals surface area contributed by atoms with E-state index in [1.54, 1.807) is 19.1 Å². The first-order valence-electron chi connectivity index (χ1n) is 6.32. The summed E-state index contributed by atoms with van der Waals surface area (Å²) in [5.74, 6) is -0.484. The lowest BCUT2D eigenvalue weighted by atomic mass is 10.1. The third-order valence-corrected chi connectivity index (χ3v) is 3.51. The molecule has 0 radical (unpaired) electrons. The monoisotopic (exact) mass is 308 g/mol. The highest BCUT2D eigenvalue weighted by Gasteiger charge is 2.13. The van der Waals surface area contributed by atoms with E-state index >= 15 is 0 Å². The van der Waals surface area contributed by atoms with Crippen molar-refractivity contribution in [1.29, 1.82) is 0 Å². The van der Waals surface area contributed by atoms with Crippen molar-refractivity contribution >= 4 is 23.0 Å². The van der Waals surface area contributed by atoms with Crippen LogP contribution in [-0.4, -0.2) is 4.92 Å². The molecule has 0 spiro atoms. The Labute approximate surface area is 126 Å². The van der Waals surface area contributed by atoms with Crippen LogP contribution >= 0.6 is 11.6 Å². The summed E-state index contributed by atoms with van der Waals surface area (Å²) in [6.07, 6.45) is 0. The summed E-state index contributed by atoms with van der Waals surface area (Å²) in [4.78, 5) is 10.5. The smallest absolute Gasteiger partial charge is 0.274 e. The van der Waals surface area contributed by atoms with Gasteiger partial charge >= 0.3 is 0 Å². The van der Waals surface area contributed by atoms with Crippen LogP contribution < -0.4 is 5.32 Å². The molecular weight excluding hydrogens is 295 g/mol. The zero-order valence-electron chi connectivity index (χ0n) is 11.6. The maximum Gasteiger partial charge on any atom is 0.274 e. The van der Waals surface area contributed by atoms with Gasteiger partial charge in [-0.1, -0.05) is 17.7 Å². The van der Waals surface area contributed by atoms with Gasteiger partial charge in [0.15, 0.2) is 0 Å². The second-order valence-corrected chi connectivity index (χ2v) is 5.22. The Morgan fingerprint density at radius 3 is 2.57 bits per heavy atom. The van der Waals surface area contributed by atoms with E-state index in [0.717, 1.165) is 5.56 Å². The number of aryl methyl sites for hydroxylation is 2. The SMILES string of the molecule is Cc1cc(C)c([N+](=O)[O-])cc1NCc1ccc(Cl)c(F)c1. The third-order valence-electron chi connectivity index (χ3n) is 3.21. The third kappa shape index (κ3) is 3.49. The van der Waals surface area contributed by atoms with Gasteiger partial charge in [0.25, 0.3) is 5.69 Å². The van der Waals surface area contributed by atoms with Crippen LogP contribution in [0.1, 0.15) is 16.7 Å². The van der Waals surface area contributed by atoms with Crippen molar-refractivity contribution in [3.8, 4) is 0 Å². The first kappa shape index (κ1) is 15.3. The molecule has 0 aliphatic carbocycles. The van der Waals surface area contributed by atoms with Gasteiger partial charge in [-0.2, -0.15) is 0 Å². The molecule has 0 atom stereocenters. The lowest BCUT2D eigenvalue weighted by Gasteiger charge is -2.11. The number of rotatable bonds is 4. The molecule has 110 valence electrons. The van der Waals surface area contributed by atoms with Crippen LogP contribution in [0.4, 0.5) is 15.8 Å². The number of nitrogens with one attached hydrogen (secondary N) is 1. The first-order valence-corrected chi connectivity index (χ1v) is 6.69. The number of benzene rings is 2. The summed E-state index contributed by atoms with van der Waals surface area (Å²) in [5.41, 5.74) is 2.93. The molecule has 21 heavy (non-hydrogen) atoms. The van der Waals surface area contributed by atoms with Crippen LogP contribution in [-0.2, 0) is 6.54 Å². The minimum absolute atomic E-state index is 0.0605. The lowest BCUT2D eigenvalue weighted by Crippen LogP contribution is -2.03. The predicted molar refractivity (Wildman–Crippen MR) is 81.3 cm³/mol. The highest BCUT2D eigenvalue weighted by atomic mass is 35.5. The van der Waals surface area contributed by atoms with Gasteiger partial charge < -0.3 is 5.32 Å². The summed E-state index contributed by atoms with van der Waals surface area (Å²) >= 11 is 5.63. The van der Waals surface area contributed by atoms with Crippen molar-refractivity contribution in [3.05, 3.63) is 68.0 Å². The van der Waals surface area contributed by atoms with Gasteiger partial charge in [0.05, 0.1) is 9.95 Å².